The van der Waals surface area contributed by atoms with Gasteiger partial charge >= 0.3 is 5.97 Å². The lowest BCUT2D eigenvalue weighted by atomic mass is 9.94. The average molecular weight is 237 g/mol. The van der Waals surface area contributed by atoms with Gasteiger partial charge in [0.25, 0.3) is 0 Å². The van der Waals surface area contributed by atoms with Crippen molar-refractivity contribution in [1.29, 1.82) is 5.41 Å². The number of nitrogens with one attached hydrogen (secondary N) is 1. The van der Waals surface area contributed by atoms with E-state index in [2.05, 4.69) is 0 Å². The minimum absolute atomic E-state index is 0.121. The summed E-state index contributed by atoms with van der Waals surface area (Å²) in [6, 6.07) is 4.67. The van der Waals surface area contributed by atoms with Gasteiger partial charge in [-0.3, -0.25) is 9.59 Å². The van der Waals surface area contributed by atoms with Crippen molar-refractivity contribution in [2.24, 2.45) is 5.92 Å². The van der Waals surface area contributed by atoms with E-state index in [0.717, 1.165) is 12.1 Å². The van der Waals surface area contributed by atoms with E-state index in [0.29, 0.717) is 0 Å². The molecule has 0 aliphatic carbocycles. The normalized spacial score (nSPS) is 11.9. The van der Waals surface area contributed by atoms with Crippen LogP contribution in [0.15, 0.2) is 24.3 Å². The molecule has 2 N–H and O–H groups in total. The maximum atomic E-state index is 12.6. The maximum absolute atomic E-state index is 12.6. The number of hydrogen-bond donors (Lipinski definition) is 2. The molecule has 0 bridgehead atoms. The minimum atomic E-state index is -1.20. The molecule has 5 heteroatoms. The Morgan fingerprint density at radius 1 is 1.35 bits per heavy atom. The number of carbonyl (C=O) groups is 2. The highest BCUT2D eigenvalue weighted by atomic mass is 19.1. The number of halogens is 1. The molecule has 1 aromatic rings. The van der Waals surface area contributed by atoms with E-state index >= 15 is 0 Å². The number of hydrogen-bond acceptors (Lipinski definition) is 3. The third-order valence-electron chi connectivity index (χ3n) is 2.41. The third kappa shape index (κ3) is 2.96. The van der Waals surface area contributed by atoms with Gasteiger partial charge in [0.15, 0.2) is 0 Å². The van der Waals surface area contributed by atoms with Crippen molar-refractivity contribution in [2.75, 3.05) is 0 Å². The molecule has 0 aromatic heterocycles. The van der Waals surface area contributed by atoms with E-state index in [1.54, 1.807) is 6.92 Å². The molecule has 0 aliphatic heterocycles. The minimum Gasteiger partial charge on any atom is -0.481 e. The van der Waals surface area contributed by atoms with Gasteiger partial charge in [-0.15, -0.1) is 0 Å². The van der Waals surface area contributed by atoms with E-state index < -0.39 is 29.2 Å². The number of Topliss-reactive ketones (excluding diaryl/α,β-unsaturated/α-hetero) is 1. The Labute approximate surface area is 97.6 Å². The predicted octanol–water partition coefficient (Wildman–Crippen LogP) is 2.14. The molecule has 0 saturated heterocycles. The Morgan fingerprint density at radius 2 is 1.88 bits per heavy atom. The SMILES string of the molecule is CCC(C(=N)C(=O)c1ccc(F)cc1)C(=O)O. The second-order valence-electron chi connectivity index (χ2n) is 3.55. The van der Waals surface area contributed by atoms with E-state index in [9.17, 15) is 14.0 Å². The topological polar surface area (TPSA) is 78.2 Å². The first-order chi connectivity index (χ1) is 7.97. The first-order valence-electron chi connectivity index (χ1n) is 5.08. The van der Waals surface area contributed by atoms with Crippen molar-refractivity contribution in [3.63, 3.8) is 0 Å². The van der Waals surface area contributed by atoms with Gasteiger partial charge in [-0.1, -0.05) is 6.92 Å². The molecule has 1 rings (SSSR count). The smallest absolute Gasteiger partial charge is 0.312 e. The molecule has 0 heterocycles. The summed E-state index contributed by atoms with van der Waals surface area (Å²) in [7, 11) is 0. The first kappa shape index (κ1) is 13.0. The summed E-state index contributed by atoms with van der Waals surface area (Å²) in [4.78, 5) is 22.6. The lowest BCUT2D eigenvalue weighted by Crippen LogP contribution is -2.29. The number of ketones is 1. The van der Waals surface area contributed by atoms with Crippen LogP contribution in [-0.4, -0.2) is 22.6 Å². The Bertz CT molecular complexity index is 453. The molecule has 90 valence electrons. The molecule has 0 spiro atoms. The van der Waals surface area contributed by atoms with Crippen LogP contribution in [0.25, 0.3) is 0 Å². The van der Waals surface area contributed by atoms with E-state index in [-0.39, 0.29) is 12.0 Å². The Hall–Kier alpha value is -2.04. The Morgan fingerprint density at radius 3 is 2.29 bits per heavy atom. The van der Waals surface area contributed by atoms with Gasteiger partial charge < -0.3 is 10.5 Å². The Kier molecular flexibility index (Phi) is 4.09. The van der Waals surface area contributed by atoms with Gasteiger partial charge in [-0.05, 0) is 30.7 Å². The second kappa shape index (κ2) is 5.34. The number of benzene rings is 1. The highest BCUT2D eigenvalue weighted by Gasteiger charge is 2.26. The van der Waals surface area contributed by atoms with Crippen molar-refractivity contribution in [3.05, 3.63) is 35.6 Å². The highest BCUT2D eigenvalue weighted by molar-refractivity contribution is 6.47. The largest absolute Gasteiger partial charge is 0.481 e. The zero-order valence-corrected chi connectivity index (χ0v) is 9.24. The summed E-state index contributed by atoms with van der Waals surface area (Å²) < 4.78 is 12.6. The lowest BCUT2D eigenvalue weighted by Gasteiger charge is -2.10. The lowest BCUT2D eigenvalue weighted by molar-refractivity contribution is -0.139. The summed E-state index contributed by atoms with van der Waals surface area (Å²) in [5.41, 5.74) is -0.359. The zero-order valence-electron chi connectivity index (χ0n) is 9.24. The van der Waals surface area contributed by atoms with Crippen LogP contribution in [0.3, 0.4) is 0 Å². The quantitative estimate of drug-likeness (QED) is 0.608. The van der Waals surface area contributed by atoms with Crippen molar-refractivity contribution < 1.29 is 19.1 Å². The summed E-state index contributed by atoms with van der Waals surface area (Å²) >= 11 is 0. The molecule has 1 atom stereocenters. The summed E-state index contributed by atoms with van der Waals surface area (Å²) in [5, 5.41) is 16.4. The molecule has 0 amide bonds. The summed E-state index contributed by atoms with van der Waals surface area (Å²) in [6.45, 7) is 1.59. The maximum Gasteiger partial charge on any atom is 0.312 e. The fourth-order valence-corrected chi connectivity index (χ4v) is 1.42. The average Bonchev–Trinajstić information content (AvgIpc) is 2.29. The number of carbonyl (C=O) groups excluding carboxylic acids is 1. The molecule has 0 saturated carbocycles. The van der Waals surface area contributed by atoms with Crippen LogP contribution in [-0.2, 0) is 4.79 Å². The van der Waals surface area contributed by atoms with Crippen LogP contribution in [0.5, 0.6) is 0 Å². The standard InChI is InChI=1S/C12H12FNO3/c1-2-9(12(16)17)10(14)11(15)7-3-5-8(13)6-4-7/h3-6,9,14H,2H2,1H3,(H,16,17). The van der Waals surface area contributed by atoms with Crippen LogP contribution in [0.2, 0.25) is 0 Å². The molecule has 1 aromatic carbocycles. The number of carboxylic acid groups (broad SMARTS) is 1. The van der Waals surface area contributed by atoms with Gasteiger partial charge in [-0.25, -0.2) is 4.39 Å². The van der Waals surface area contributed by atoms with Crippen LogP contribution in [0.1, 0.15) is 23.7 Å². The fourth-order valence-electron chi connectivity index (χ4n) is 1.42. The third-order valence-corrected chi connectivity index (χ3v) is 2.41. The first-order valence-corrected chi connectivity index (χ1v) is 5.08. The highest BCUT2D eigenvalue weighted by Crippen LogP contribution is 2.11. The van der Waals surface area contributed by atoms with Crippen molar-refractivity contribution >= 4 is 17.5 Å². The van der Waals surface area contributed by atoms with Gasteiger partial charge in [0.05, 0.1) is 5.71 Å². The monoisotopic (exact) mass is 237 g/mol. The van der Waals surface area contributed by atoms with Gasteiger partial charge in [0.2, 0.25) is 5.78 Å². The summed E-state index contributed by atoms with van der Waals surface area (Å²) in [5.74, 6) is -3.49. The molecule has 17 heavy (non-hydrogen) atoms. The van der Waals surface area contributed by atoms with Crippen LogP contribution in [0.4, 0.5) is 4.39 Å². The zero-order chi connectivity index (χ0) is 13.0. The van der Waals surface area contributed by atoms with E-state index in [1.165, 1.54) is 12.1 Å². The van der Waals surface area contributed by atoms with Crippen molar-refractivity contribution in [2.45, 2.75) is 13.3 Å². The molecular weight excluding hydrogens is 225 g/mol. The second-order valence-corrected chi connectivity index (χ2v) is 3.55. The van der Waals surface area contributed by atoms with E-state index in [1.807, 2.05) is 0 Å². The van der Waals surface area contributed by atoms with Crippen molar-refractivity contribution in [3.8, 4) is 0 Å². The predicted molar refractivity (Wildman–Crippen MR) is 59.9 cm³/mol. The molecular formula is C12H12FNO3. The Balaban J connectivity index is 2.93. The molecule has 4 nitrogen and oxygen atoms in total. The van der Waals surface area contributed by atoms with Gasteiger partial charge in [0, 0.05) is 5.56 Å². The number of carboxylic acids is 1. The van der Waals surface area contributed by atoms with E-state index in [4.69, 9.17) is 10.5 Å². The molecule has 1 unspecified atom stereocenters. The molecule has 0 fully saturated rings. The van der Waals surface area contributed by atoms with Crippen molar-refractivity contribution in [1.82, 2.24) is 0 Å². The number of aliphatic carboxylic acids is 1. The molecule has 0 aliphatic rings. The van der Waals surface area contributed by atoms with Crippen LogP contribution >= 0.6 is 0 Å². The van der Waals surface area contributed by atoms with Gasteiger partial charge in [-0.2, -0.15) is 0 Å². The summed E-state index contributed by atoms with van der Waals surface area (Å²) in [6.07, 6.45) is 0.168. The fraction of sp³-hybridized carbons (Fsp3) is 0.250. The number of rotatable bonds is 5. The van der Waals surface area contributed by atoms with Crippen LogP contribution < -0.4 is 0 Å². The van der Waals surface area contributed by atoms with Crippen LogP contribution in [0, 0.1) is 17.1 Å². The molecule has 0 radical (unpaired) electrons. The van der Waals surface area contributed by atoms with Gasteiger partial charge in [0.1, 0.15) is 11.7 Å².